The molecule has 0 spiro atoms. The number of hydrogen-bond acceptors (Lipinski definition) is 2. The second-order valence-electron chi connectivity index (χ2n) is 5.20. The minimum Gasteiger partial charge on any atom is -0.327 e. The molecule has 1 atom stereocenters. The standard InChI is InChI=1S/C19H20FN3O/c1-3-13-23(14-4-2)19(24)22-18(16-9-11-21-12-10-16)15-5-7-17(20)8-6-15/h3-12,18H,1-2,13-14H2,(H,22,24). The maximum absolute atomic E-state index is 13.2. The fourth-order valence-corrected chi connectivity index (χ4v) is 2.34. The summed E-state index contributed by atoms with van der Waals surface area (Å²) in [6.45, 7) is 8.14. The molecule has 1 aromatic carbocycles. The van der Waals surface area contributed by atoms with E-state index in [-0.39, 0.29) is 11.8 Å². The number of carbonyl (C=O) groups is 1. The highest BCUT2D eigenvalue weighted by atomic mass is 19.1. The molecule has 124 valence electrons. The van der Waals surface area contributed by atoms with Crippen LogP contribution >= 0.6 is 0 Å². The molecule has 0 aliphatic heterocycles. The molecule has 2 rings (SSSR count). The molecule has 1 N–H and O–H groups in total. The zero-order valence-electron chi connectivity index (χ0n) is 13.4. The van der Waals surface area contributed by atoms with Crippen LogP contribution in [0.2, 0.25) is 0 Å². The molecule has 2 aromatic rings. The average Bonchev–Trinajstić information content (AvgIpc) is 2.61. The van der Waals surface area contributed by atoms with E-state index in [0.29, 0.717) is 13.1 Å². The Morgan fingerprint density at radius 3 is 2.17 bits per heavy atom. The quantitative estimate of drug-likeness (QED) is 0.789. The van der Waals surface area contributed by atoms with Gasteiger partial charge in [0.15, 0.2) is 0 Å². The van der Waals surface area contributed by atoms with Crippen LogP contribution in [0.5, 0.6) is 0 Å². The van der Waals surface area contributed by atoms with Gasteiger partial charge in [0.2, 0.25) is 0 Å². The molecule has 2 amide bonds. The van der Waals surface area contributed by atoms with E-state index in [2.05, 4.69) is 23.5 Å². The van der Waals surface area contributed by atoms with Crippen LogP contribution in [-0.4, -0.2) is 29.0 Å². The minimum absolute atomic E-state index is 0.249. The molecule has 0 bridgehead atoms. The number of aromatic nitrogens is 1. The molecule has 1 aromatic heterocycles. The third kappa shape index (κ3) is 4.52. The van der Waals surface area contributed by atoms with Gasteiger partial charge in [0.1, 0.15) is 5.82 Å². The van der Waals surface area contributed by atoms with Crippen molar-refractivity contribution >= 4 is 6.03 Å². The molecule has 0 radical (unpaired) electrons. The van der Waals surface area contributed by atoms with E-state index in [0.717, 1.165) is 11.1 Å². The number of amides is 2. The van der Waals surface area contributed by atoms with Gasteiger partial charge in [-0.15, -0.1) is 13.2 Å². The van der Waals surface area contributed by atoms with Crippen LogP contribution in [0.25, 0.3) is 0 Å². The number of carbonyl (C=O) groups excluding carboxylic acids is 1. The molecule has 4 nitrogen and oxygen atoms in total. The minimum atomic E-state index is -0.404. The fourth-order valence-electron chi connectivity index (χ4n) is 2.34. The third-order valence-corrected chi connectivity index (χ3v) is 3.50. The number of urea groups is 1. The maximum Gasteiger partial charge on any atom is 0.318 e. The first kappa shape index (κ1) is 17.4. The molecule has 1 heterocycles. The summed E-state index contributed by atoms with van der Waals surface area (Å²) >= 11 is 0. The van der Waals surface area contributed by atoms with E-state index in [4.69, 9.17) is 0 Å². The van der Waals surface area contributed by atoms with Gasteiger partial charge in [-0.3, -0.25) is 4.98 Å². The molecule has 0 saturated carbocycles. The van der Waals surface area contributed by atoms with Crippen LogP contribution in [0.4, 0.5) is 9.18 Å². The van der Waals surface area contributed by atoms with Crippen molar-refractivity contribution in [3.63, 3.8) is 0 Å². The van der Waals surface area contributed by atoms with E-state index in [1.807, 2.05) is 12.1 Å². The molecule has 24 heavy (non-hydrogen) atoms. The summed E-state index contributed by atoms with van der Waals surface area (Å²) in [5, 5.41) is 2.98. The van der Waals surface area contributed by atoms with Crippen LogP contribution in [0.1, 0.15) is 17.2 Å². The van der Waals surface area contributed by atoms with Crippen molar-refractivity contribution in [2.75, 3.05) is 13.1 Å². The van der Waals surface area contributed by atoms with Crippen LogP contribution in [0.3, 0.4) is 0 Å². The predicted molar refractivity (Wildman–Crippen MR) is 93.0 cm³/mol. The summed E-state index contributed by atoms with van der Waals surface area (Å²) in [5.74, 6) is -0.321. The van der Waals surface area contributed by atoms with Gasteiger partial charge in [-0.25, -0.2) is 9.18 Å². The van der Waals surface area contributed by atoms with Gasteiger partial charge in [-0.05, 0) is 35.4 Å². The third-order valence-electron chi connectivity index (χ3n) is 3.50. The van der Waals surface area contributed by atoms with Crippen LogP contribution in [0, 0.1) is 5.82 Å². The smallest absolute Gasteiger partial charge is 0.318 e. The number of hydrogen-bond donors (Lipinski definition) is 1. The van der Waals surface area contributed by atoms with Crippen LogP contribution in [0.15, 0.2) is 74.1 Å². The lowest BCUT2D eigenvalue weighted by atomic mass is 10.00. The van der Waals surface area contributed by atoms with Gasteiger partial charge >= 0.3 is 6.03 Å². The van der Waals surface area contributed by atoms with Crippen molar-refractivity contribution in [2.45, 2.75) is 6.04 Å². The van der Waals surface area contributed by atoms with Crippen LogP contribution < -0.4 is 5.32 Å². The molecule has 1 unspecified atom stereocenters. The second-order valence-corrected chi connectivity index (χ2v) is 5.20. The predicted octanol–water partition coefficient (Wildman–Crippen LogP) is 3.69. The highest BCUT2D eigenvalue weighted by molar-refractivity contribution is 5.75. The van der Waals surface area contributed by atoms with Crippen molar-refractivity contribution in [2.24, 2.45) is 0 Å². The summed E-state index contributed by atoms with van der Waals surface area (Å²) in [6, 6.07) is 9.05. The van der Waals surface area contributed by atoms with Crippen molar-refractivity contribution in [1.29, 1.82) is 0 Å². The normalized spacial score (nSPS) is 11.4. The van der Waals surface area contributed by atoms with E-state index in [1.54, 1.807) is 41.6 Å². The topological polar surface area (TPSA) is 45.2 Å². The van der Waals surface area contributed by atoms with Gasteiger partial charge in [-0.2, -0.15) is 0 Å². The summed E-state index contributed by atoms with van der Waals surface area (Å²) in [5.41, 5.74) is 1.65. The highest BCUT2D eigenvalue weighted by Gasteiger charge is 2.19. The summed E-state index contributed by atoms with van der Waals surface area (Å²) in [4.78, 5) is 18.2. The lowest BCUT2D eigenvalue weighted by molar-refractivity contribution is 0.206. The Kier molecular flexibility index (Phi) is 6.25. The molecule has 0 saturated heterocycles. The van der Waals surface area contributed by atoms with Gasteiger partial charge in [0, 0.05) is 25.5 Å². The van der Waals surface area contributed by atoms with E-state index in [1.165, 1.54) is 12.1 Å². The van der Waals surface area contributed by atoms with Crippen LogP contribution in [-0.2, 0) is 0 Å². The van der Waals surface area contributed by atoms with Crippen molar-refractivity contribution < 1.29 is 9.18 Å². The SMILES string of the molecule is C=CCN(CC=C)C(=O)NC(c1ccncc1)c1ccc(F)cc1. The molecular weight excluding hydrogens is 305 g/mol. The number of rotatable bonds is 7. The summed E-state index contributed by atoms with van der Waals surface area (Å²) in [7, 11) is 0. The number of benzene rings is 1. The van der Waals surface area contributed by atoms with E-state index >= 15 is 0 Å². The summed E-state index contributed by atoms with van der Waals surface area (Å²) in [6.07, 6.45) is 6.62. The number of pyridine rings is 1. The molecular formula is C19H20FN3O. The van der Waals surface area contributed by atoms with Gasteiger partial charge in [0.05, 0.1) is 6.04 Å². The lowest BCUT2D eigenvalue weighted by Crippen LogP contribution is -2.42. The average molecular weight is 325 g/mol. The largest absolute Gasteiger partial charge is 0.327 e. The van der Waals surface area contributed by atoms with Gasteiger partial charge < -0.3 is 10.2 Å². The first-order valence-electron chi connectivity index (χ1n) is 7.58. The zero-order valence-corrected chi connectivity index (χ0v) is 13.4. The molecule has 0 aliphatic carbocycles. The highest BCUT2D eigenvalue weighted by Crippen LogP contribution is 2.22. The summed E-state index contributed by atoms with van der Waals surface area (Å²) < 4.78 is 13.2. The van der Waals surface area contributed by atoms with Crippen molar-refractivity contribution in [1.82, 2.24) is 15.2 Å². The second kappa shape index (κ2) is 8.62. The van der Waals surface area contributed by atoms with Crippen molar-refractivity contribution in [3.8, 4) is 0 Å². The van der Waals surface area contributed by atoms with Gasteiger partial charge in [-0.1, -0.05) is 24.3 Å². The first-order valence-corrected chi connectivity index (χ1v) is 7.58. The van der Waals surface area contributed by atoms with Crippen molar-refractivity contribution in [3.05, 3.63) is 91.0 Å². The monoisotopic (exact) mass is 325 g/mol. The molecule has 5 heteroatoms. The Morgan fingerprint density at radius 2 is 1.62 bits per heavy atom. The Morgan fingerprint density at radius 1 is 1.08 bits per heavy atom. The Bertz CT molecular complexity index is 676. The Balaban J connectivity index is 2.29. The molecule has 0 fully saturated rings. The number of nitrogens with one attached hydrogen (secondary N) is 1. The number of halogens is 1. The maximum atomic E-state index is 13.2. The lowest BCUT2D eigenvalue weighted by Gasteiger charge is -2.25. The Hall–Kier alpha value is -2.95. The Labute approximate surface area is 141 Å². The van der Waals surface area contributed by atoms with Gasteiger partial charge in [0.25, 0.3) is 0 Å². The molecule has 0 aliphatic rings. The van der Waals surface area contributed by atoms with E-state index in [9.17, 15) is 9.18 Å². The fraction of sp³-hybridized carbons (Fsp3) is 0.158. The van der Waals surface area contributed by atoms with E-state index < -0.39 is 6.04 Å². The zero-order chi connectivity index (χ0) is 17.4. The first-order chi connectivity index (χ1) is 11.7. The number of nitrogens with zero attached hydrogens (tertiary/aromatic N) is 2.